The zero-order chi connectivity index (χ0) is 29.4. The van der Waals surface area contributed by atoms with Gasteiger partial charge in [-0.1, -0.05) is 25.5 Å². The standard InChI is InChI=1S/C31H53IN5O2S/c1-8-17-31(4,30(39)33-23-11-10-12-24(20-23)36(6)7)35-29(38)19-22-13-14-26-25(18-22)34-28(16-15-27(40)32-5)37(26)21(3)9-2/h10-14,21-22,24-27,30,33,39-40H,8-9,15-20H2,1-7H3,(H,35,38)/q-1/t21?,22?,24?,25?,26?,27-,30?,31?/m1/s1. The van der Waals surface area contributed by atoms with Crippen LogP contribution in [0.25, 0.3) is 0 Å². The van der Waals surface area contributed by atoms with Crippen molar-refractivity contribution in [3.8, 4) is 0 Å². The molecule has 1 heterocycles. The molecule has 0 radical (unpaired) electrons. The second kappa shape index (κ2) is 15.4. The summed E-state index contributed by atoms with van der Waals surface area (Å²) in [5, 5.41) is 17.8. The fourth-order valence-corrected chi connectivity index (χ4v) is 7.13. The minimum Gasteiger partial charge on any atom is -0.371 e. The number of likely N-dealkylation sites (N-methyl/N-ethyl adjacent to an activating group) is 1. The topological polar surface area (TPSA) is 80.2 Å². The molecule has 9 heteroatoms. The molecule has 0 saturated heterocycles. The number of alkyl halides is 2. The fraction of sp³-hybridized carbons (Fsp3) is 0.742. The van der Waals surface area contributed by atoms with Gasteiger partial charge in [0.2, 0.25) is 0 Å². The SMILES string of the molecule is CCCC(C)(NC(=O)CC1C=CC2C(C1)N=C(CC[C@@H](S)[I-]C)N2C(C)CC)C(O)NC1=CC=CC(N(C)C)C1. The van der Waals surface area contributed by atoms with Gasteiger partial charge in [-0.15, -0.1) is 0 Å². The van der Waals surface area contributed by atoms with Crippen LogP contribution in [0.4, 0.5) is 0 Å². The van der Waals surface area contributed by atoms with Crippen LogP contribution in [0.2, 0.25) is 0 Å². The Kier molecular flexibility index (Phi) is 12.9. The van der Waals surface area contributed by atoms with E-state index in [1.807, 2.05) is 19.1 Å². The molecule has 0 aromatic heterocycles. The van der Waals surface area contributed by atoms with Gasteiger partial charge in [0.1, 0.15) is 6.23 Å². The monoisotopic (exact) mass is 686 g/mol. The van der Waals surface area contributed by atoms with Crippen molar-refractivity contribution in [3.63, 3.8) is 0 Å². The third-order valence-electron chi connectivity index (χ3n) is 8.67. The van der Waals surface area contributed by atoms with Crippen LogP contribution in [-0.2, 0) is 4.79 Å². The largest absolute Gasteiger partial charge is 0.371 e. The molecule has 40 heavy (non-hydrogen) atoms. The maximum atomic E-state index is 13.4. The zero-order valence-electron chi connectivity index (χ0n) is 25.6. The van der Waals surface area contributed by atoms with E-state index in [1.54, 1.807) is 0 Å². The Balaban J connectivity index is 1.63. The van der Waals surface area contributed by atoms with Gasteiger partial charge in [-0.2, -0.15) is 0 Å². The first-order valence-corrected chi connectivity index (χ1v) is 18.9. The van der Waals surface area contributed by atoms with Crippen molar-refractivity contribution in [2.75, 3.05) is 19.0 Å². The molecule has 0 fully saturated rings. The Labute approximate surface area is 259 Å². The predicted molar refractivity (Wildman–Crippen MR) is 166 cm³/mol. The van der Waals surface area contributed by atoms with Gasteiger partial charge >= 0.3 is 161 Å². The molecule has 7 nitrogen and oxygen atoms in total. The summed E-state index contributed by atoms with van der Waals surface area (Å²) >= 11 is 4.89. The van der Waals surface area contributed by atoms with Gasteiger partial charge in [-0.05, 0) is 33.5 Å². The number of aliphatic hydroxyl groups excluding tert-OH is 1. The van der Waals surface area contributed by atoms with Gasteiger partial charge in [0.05, 0.1) is 0 Å². The van der Waals surface area contributed by atoms with E-state index >= 15 is 0 Å². The Morgan fingerprint density at radius 2 is 2.08 bits per heavy atom. The number of nitrogens with zero attached hydrogens (tertiary/aromatic N) is 3. The van der Waals surface area contributed by atoms with Crippen molar-refractivity contribution in [2.24, 2.45) is 10.9 Å². The van der Waals surface area contributed by atoms with Crippen LogP contribution in [0.15, 0.2) is 41.1 Å². The van der Waals surface area contributed by atoms with Crippen LogP contribution >= 0.6 is 12.6 Å². The number of allylic oxidation sites excluding steroid dienone is 3. The summed E-state index contributed by atoms with van der Waals surface area (Å²) in [5.41, 5.74) is 0.219. The molecular formula is C31H53IN5O2S-. The molecule has 0 saturated carbocycles. The molecule has 7 unspecified atom stereocenters. The summed E-state index contributed by atoms with van der Waals surface area (Å²) in [6.07, 6.45) is 16.7. The van der Waals surface area contributed by atoms with E-state index in [-0.39, 0.29) is 45.1 Å². The number of carbonyl (C=O) groups is 1. The van der Waals surface area contributed by atoms with Gasteiger partial charge in [-0.25, -0.2) is 0 Å². The first-order valence-electron chi connectivity index (χ1n) is 15.0. The minimum atomic E-state index is -0.879. The fourth-order valence-electron chi connectivity index (χ4n) is 6.06. The second-order valence-electron chi connectivity index (χ2n) is 12.1. The van der Waals surface area contributed by atoms with Crippen molar-refractivity contribution in [3.05, 3.63) is 36.1 Å². The number of halogens is 1. The molecule has 2 aliphatic carbocycles. The average molecular weight is 687 g/mol. The number of aliphatic imine (C=N–C) groups is 1. The van der Waals surface area contributed by atoms with Crippen LogP contribution in [0.1, 0.15) is 79.1 Å². The van der Waals surface area contributed by atoms with Crippen molar-refractivity contribution >= 4 is 24.4 Å². The van der Waals surface area contributed by atoms with Crippen LogP contribution in [0.5, 0.6) is 0 Å². The summed E-state index contributed by atoms with van der Waals surface area (Å²) in [4.78, 5) is 25.6. The van der Waals surface area contributed by atoms with E-state index in [0.29, 0.717) is 28.2 Å². The Bertz CT molecular complexity index is 969. The number of nitrogens with one attached hydrogen (secondary N) is 2. The number of hydrogen-bond acceptors (Lipinski definition) is 7. The summed E-state index contributed by atoms with van der Waals surface area (Å²) in [6, 6.07) is 1.22. The molecule has 3 N–H and O–H groups in total. The van der Waals surface area contributed by atoms with E-state index in [0.717, 1.165) is 44.2 Å². The first-order chi connectivity index (χ1) is 19.0. The van der Waals surface area contributed by atoms with Crippen molar-refractivity contribution in [1.29, 1.82) is 0 Å². The van der Waals surface area contributed by atoms with Gasteiger partial charge < -0.3 is 15.3 Å². The molecule has 3 aliphatic rings. The van der Waals surface area contributed by atoms with E-state index < -0.39 is 11.8 Å². The first kappa shape index (κ1) is 33.5. The van der Waals surface area contributed by atoms with Gasteiger partial charge in [-0.3, -0.25) is 0 Å². The van der Waals surface area contributed by atoms with Crippen molar-refractivity contribution < 1.29 is 31.1 Å². The van der Waals surface area contributed by atoms with Crippen molar-refractivity contribution in [1.82, 2.24) is 20.4 Å². The quantitative estimate of drug-likeness (QED) is 0.0688. The summed E-state index contributed by atoms with van der Waals surface area (Å²) in [6.45, 7) is 8.58. The Hall–Kier alpha value is -1.04. The zero-order valence-corrected chi connectivity index (χ0v) is 28.7. The third kappa shape index (κ3) is 8.74. The molecule has 0 aromatic rings. The molecule has 8 atom stereocenters. The summed E-state index contributed by atoms with van der Waals surface area (Å²) < 4.78 is 0.512. The number of aliphatic hydroxyl groups is 1. The number of amidine groups is 1. The minimum absolute atomic E-state index is 0.0145. The van der Waals surface area contributed by atoms with Gasteiger partial charge in [0.15, 0.2) is 0 Å². The van der Waals surface area contributed by atoms with E-state index in [9.17, 15) is 9.90 Å². The molecule has 3 rings (SSSR count). The molecule has 0 bridgehead atoms. The maximum absolute atomic E-state index is 13.4. The number of thiol groups is 1. The smallest absolute Gasteiger partial charge is 0.147 e. The van der Waals surface area contributed by atoms with Crippen LogP contribution in [-0.4, -0.2) is 84.9 Å². The average Bonchev–Trinajstić information content (AvgIpc) is 3.28. The molecule has 0 spiro atoms. The Morgan fingerprint density at radius 3 is 2.73 bits per heavy atom. The van der Waals surface area contributed by atoms with Crippen LogP contribution in [0.3, 0.4) is 0 Å². The van der Waals surface area contributed by atoms with E-state index in [1.165, 1.54) is 5.84 Å². The summed E-state index contributed by atoms with van der Waals surface area (Å²) in [5.74, 6) is 1.35. The number of fused-ring (bicyclic) bond motifs is 1. The van der Waals surface area contributed by atoms with Gasteiger partial charge in [0.25, 0.3) is 0 Å². The summed E-state index contributed by atoms with van der Waals surface area (Å²) in [7, 11) is 4.12. The van der Waals surface area contributed by atoms with Crippen LogP contribution in [0, 0.1) is 5.92 Å². The number of rotatable bonds is 15. The van der Waals surface area contributed by atoms with E-state index in [4.69, 9.17) is 17.6 Å². The number of hydrogen-bond donors (Lipinski definition) is 4. The molecular weight excluding hydrogens is 633 g/mol. The van der Waals surface area contributed by atoms with Crippen LogP contribution < -0.4 is 31.8 Å². The van der Waals surface area contributed by atoms with Crippen molar-refractivity contribution in [2.45, 2.75) is 118 Å². The number of amides is 1. The molecule has 1 amide bonds. The number of carbonyl (C=O) groups excluding carboxylic acids is 1. The maximum Gasteiger partial charge on any atom is 0.147 e. The second-order valence-corrected chi connectivity index (χ2v) is 16.5. The van der Waals surface area contributed by atoms with E-state index in [2.05, 4.69) is 78.5 Å². The predicted octanol–water partition coefficient (Wildman–Crippen LogP) is 1.31. The molecule has 228 valence electrons. The normalized spacial score (nSPS) is 28.0. The Morgan fingerprint density at radius 1 is 1.32 bits per heavy atom. The molecule has 0 aromatic carbocycles. The van der Waals surface area contributed by atoms with Gasteiger partial charge in [0, 0.05) is 18.2 Å². The molecule has 1 aliphatic heterocycles. The third-order valence-corrected chi connectivity index (χ3v) is 12.3.